The third-order valence-corrected chi connectivity index (χ3v) is 5.78. The summed E-state index contributed by atoms with van der Waals surface area (Å²) < 4.78 is 0. The molecule has 1 aliphatic carbocycles. The van der Waals surface area contributed by atoms with E-state index in [4.69, 9.17) is 0 Å². The van der Waals surface area contributed by atoms with Crippen LogP contribution in [0.1, 0.15) is 51.4 Å². The summed E-state index contributed by atoms with van der Waals surface area (Å²) in [6.45, 7) is 0. The van der Waals surface area contributed by atoms with E-state index in [1.165, 1.54) is 58.9 Å². The van der Waals surface area contributed by atoms with Crippen molar-refractivity contribution in [2.24, 2.45) is 0 Å². The van der Waals surface area contributed by atoms with E-state index in [1.54, 1.807) is 0 Å². The highest BCUT2D eigenvalue weighted by Gasteiger charge is 2.16. The van der Waals surface area contributed by atoms with E-state index in [9.17, 15) is 19.7 Å². The first-order chi connectivity index (χ1) is 13.0. The molecule has 7 nitrogen and oxygen atoms in total. The highest BCUT2D eigenvalue weighted by molar-refractivity contribution is 7.14. The molecule has 1 aromatic carbocycles. The number of nitrogens with zero attached hydrogens (tertiary/aromatic N) is 1. The maximum atomic E-state index is 12.3. The summed E-state index contributed by atoms with van der Waals surface area (Å²) in [4.78, 5) is 36.3. The number of carbonyl (C=O) groups excluding carboxylic acids is 2. The number of nitro groups is 1. The monoisotopic (exact) mass is 387 g/mol. The average molecular weight is 387 g/mol. The van der Waals surface area contributed by atoms with Crippen LogP contribution < -0.4 is 10.9 Å². The van der Waals surface area contributed by atoms with Crippen LogP contribution in [-0.4, -0.2) is 16.7 Å². The molecule has 0 unspecified atom stereocenters. The van der Waals surface area contributed by atoms with Gasteiger partial charge >= 0.3 is 0 Å². The van der Waals surface area contributed by atoms with Crippen molar-refractivity contribution in [2.45, 2.75) is 44.9 Å². The maximum Gasteiger partial charge on any atom is 0.279 e. The molecule has 1 aromatic heterocycles. The summed E-state index contributed by atoms with van der Waals surface area (Å²) in [5.74, 6) is -0.698. The molecule has 0 atom stereocenters. The van der Waals surface area contributed by atoms with Gasteiger partial charge in [-0.05, 0) is 42.9 Å². The predicted octanol–water partition coefficient (Wildman–Crippen LogP) is 3.32. The van der Waals surface area contributed by atoms with E-state index < -0.39 is 4.92 Å². The molecule has 1 heterocycles. The van der Waals surface area contributed by atoms with Crippen LogP contribution in [0.25, 0.3) is 0 Å². The highest BCUT2D eigenvalue weighted by atomic mass is 32.1. The number of non-ortho nitro benzene ring substituents is 1. The summed E-state index contributed by atoms with van der Waals surface area (Å²) in [7, 11) is 0. The second-order valence-corrected chi connectivity index (χ2v) is 7.71. The lowest BCUT2D eigenvalue weighted by Crippen LogP contribution is -2.42. The summed E-state index contributed by atoms with van der Waals surface area (Å²) in [5.41, 5.74) is 6.71. The summed E-state index contributed by atoms with van der Waals surface area (Å²) in [6, 6.07) is 7.69. The molecule has 0 bridgehead atoms. The number of hydrazine groups is 1. The maximum absolute atomic E-state index is 12.3. The van der Waals surface area contributed by atoms with E-state index in [-0.39, 0.29) is 23.9 Å². The molecule has 2 amide bonds. The van der Waals surface area contributed by atoms with E-state index in [2.05, 4.69) is 10.9 Å². The first kappa shape index (κ1) is 19.0. The number of rotatable bonds is 4. The van der Waals surface area contributed by atoms with Gasteiger partial charge in [0.05, 0.1) is 16.2 Å². The van der Waals surface area contributed by atoms with E-state index in [1.807, 2.05) is 6.07 Å². The fourth-order valence-corrected chi connectivity index (χ4v) is 4.26. The largest absolute Gasteiger partial charge is 0.279 e. The lowest BCUT2D eigenvalue weighted by molar-refractivity contribution is -0.384. The standard InChI is InChI=1S/C19H21N3O4S/c23-18(11-13-7-9-15(10-8-13)22(25)26)20-21-19(24)17-12-14-5-3-1-2-4-6-16(14)27-17/h7-10,12H,1-6,11H2,(H,20,23)(H,21,24). The van der Waals surface area contributed by atoms with Gasteiger partial charge in [-0.15, -0.1) is 11.3 Å². The topological polar surface area (TPSA) is 101 Å². The number of amides is 2. The molecule has 3 rings (SSSR count). The first-order valence-electron chi connectivity index (χ1n) is 8.97. The molecule has 0 radical (unpaired) electrons. The van der Waals surface area contributed by atoms with Gasteiger partial charge in [-0.25, -0.2) is 0 Å². The zero-order valence-electron chi connectivity index (χ0n) is 14.8. The molecule has 27 heavy (non-hydrogen) atoms. The van der Waals surface area contributed by atoms with Crippen LogP contribution in [0.3, 0.4) is 0 Å². The fourth-order valence-electron chi connectivity index (χ4n) is 3.11. The molecule has 2 aromatic rings. The smallest absolute Gasteiger partial charge is 0.273 e. The average Bonchev–Trinajstić information content (AvgIpc) is 3.02. The summed E-state index contributed by atoms with van der Waals surface area (Å²) in [5, 5.41) is 10.6. The van der Waals surface area contributed by atoms with Gasteiger partial charge in [0, 0.05) is 17.0 Å². The van der Waals surface area contributed by atoms with Gasteiger partial charge in [-0.1, -0.05) is 25.0 Å². The van der Waals surface area contributed by atoms with Crippen molar-refractivity contribution >= 4 is 28.8 Å². The van der Waals surface area contributed by atoms with Crippen molar-refractivity contribution in [3.05, 3.63) is 61.3 Å². The number of hydrogen-bond acceptors (Lipinski definition) is 5. The number of thiophene rings is 1. The van der Waals surface area contributed by atoms with Crippen molar-refractivity contribution in [3.8, 4) is 0 Å². The Morgan fingerprint density at radius 3 is 2.44 bits per heavy atom. The number of nitro benzene ring substituents is 1. The Morgan fingerprint density at radius 2 is 1.74 bits per heavy atom. The van der Waals surface area contributed by atoms with Crippen LogP contribution >= 0.6 is 11.3 Å². The van der Waals surface area contributed by atoms with Crippen molar-refractivity contribution < 1.29 is 14.5 Å². The quantitative estimate of drug-likeness (QED) is 0.621. The normalized spacial score (nSPS) is 13.8. The Hall–Kier alpha value is -2.74. The number of nitrogens with one attached hydrogen (secondary N) is 2. The molecule has 0 saturated carbocycles. The lowest BCUT2D eigenvalue weighted by Gasteiger charge is -2.07. The Bertz CT molecular complexity index is 820. The fraction of sp³-hybridized carbons (Fsp3) is 0.368. The molecule has 1 aliphatic rings. The van der Waals surface area contributed by atoms with Crippen LogP contribution in [0.15, 0.2) is 30.3 Å². The van der Waals surface area contributed by atoms with Gasteiger partial charge in [0.15, 0.2) is 0 Å². The molecule has 0 spiro atoms. The second-order valence-electron chi connectivity index (χ2n) is 6.58. The first-order valence-corrected chi connectivity index (χ1v) is 9.78. The Labute approximate surface area is 160 Å². The van der Waals surface area contributed by atoms with Crippen LogP contribution in [0.4, 0.5) is 5.69 Å². The van der Waals surface area contributed by atoms with Gasteiger partial charge in [0.2, 0.25) is 5.91 Å². The second kappa shape index (κ2) is 8.77. The Balaban J connectivity index is 1.53. The minimum Gasteiger partial charge on any atom is -0.273 e. The minimum absolute atomic E-state index is 0.0270. The van der Waals surface area contributed by atoms with E-state index in [0.717, 1.165) is 25.7 Å². The SMILES string of the molecule is O=C(Cc1ccc([N+](=O)[O-])cc1)NNC(=O)c1cc2c(s1)CCCCCC2. The predicted molar refractivity (Wildman–Crippen MR) is 103 cm³/mol. The number of fused-ring (bicyclic) bond motifs is 1. The zero-order chi connectivity index (χ0) is 19.2. The van der Waals surface area contributed by atoms with Gasteiger partial charge in [-0.2, -0.15) is 0 Å². The number of benzene rings is 1. The Morgan fingerprint density at radius 1 is 1.04 bits per heavy atom. The van der Waals surface area contributed by atoms with Crippen LogP contribution in [-0.2, 0) is 24.1 Å². The molecule has 0 saturated heterocycles. The highest BCUT2D eigenvalue weighted by Crippen LogP contribution is 2.28. The summed E-state index contributed by atoms with van der Waals surface area (Å²) in [6.07, 6.45) is 6.81. The number of hydrogen-bond donors (Lipinski definition) is 2. The van der Waals surface area contributed by atoms with Gasteiger partial charge in [0.25, 0.3) is 11.6 Å². The minimum atomic E-state index is -0.491. The molecule has 2 N–H and O–H groups in total. The number of carbonyl (C=O) groups is 2. The third kappa shape index (κ3) is 5.13. The molecular weight excluding hydrogens is 366 g/mol. The van der Waals surface area contributed by atoms with Crippen molar-refractivity contribution in [3.63, 3.8) is 0 Å². The van der Waals surface area contributed by atoms with Crippen molar-refractivity contribution in [1.82, 2.24) is 10.9 Å². The lowest BCUT2D eigenvalue weighted by atomic mass is 10.00. The van der Waals surface area contributed by atoms with Gasteiger partial charge in [-0.3, -0.25) is 30.6 Å². The molecular formula is C19H21N3O4S. The van der Waals surface area contributed by atoms with Crippen LogP contribution in [0.5, 0.6) is 0 Å². The molecule has 142 valence electrons. The third-order valence-electron chi connectivity index (χ3n) is 4.55. The number of aryl methyl sites for hydroxylation is 2. The van der Waals surface area contributed by atoms with Crippen LogP contribution in [0.2, 0.25) is 0 Å². The van der Waals surface area contributed by atoms with Gasteiger partial charge in [0.1, 0.15) is 0 Å². The van der Waals surface area contributed by atoms with Crippen molar-refractivity contribution in [1.29, 1.82) is 0 Å². The molecule has 0 fully saturated rings. The Kier molecular flexibility index (Phi) is 6.18. The zero-order valence-corrected chi connectivity index (χ0v) is 15.6. The summed E-state index contributed by atoms with van der Waals surface area (Å²) >= 11 is 1.50. The van der Waals surface area contributed by atoms with E-state index in [0.29, 0.717) is 10.4 Å². The van der Waals surface area contributed by atoms with Gasteiger partial charge < -0.3 is 0 Å². The van der Waals surface area contributed by atoms with Crippen molar-refractivity contribution in [2.75, 3.05) is 0 Å². The van der Waals surface area contributed by atoms with E-state index >= 15 is 0 Å². The molecule has 8 heteroatoms. The van der Waals surface area contributed by atoms with Crippen LogP contribution in [0, 0.1) is 10.1 Å². The molecule has 0 aliphatic heterocycles.